The fraction of sp³-hybridized carbons (Fsp3) is 0.714. The molecule has 8 amide bonds. The van der Waals surface area contributed by atoms with Crippen molar-refractivity contribution < 1.29 is 88.4 Å². The minimum absolute atomic E-state index is 0.0701. The van der Waals surface area contributed by atoms with Crippen molar-refractivity contribution in [2.75, 3.05) is 26.2 Å². The highest BCUT2D eigenvalue weighted by Crippen LogP contribution is 2.26. The average molecular weight is 967 g/mol. The summed E-state index contributed by atoms with van der Waals surface area (Å²) in [7, 11) is 0. The topological polar surface area (TPSA) is 392 Å². The molecule has 0 aromatic carbocycles. The number of hydrogen-bond acceptors (Lipinski definition) is 13. The number of aliphatic hydroxyl groups is 1. The summed E-state index contributed by atoms with van der Waals surface area (Å²) in [5.41, 5.74) is 0. The Bertz CT molecular complexity index is 1940. The van der Waals surface area contributed by atoms with Gasteiger partial charge in [0.15, 0.2) is 6.04 Å². The van der Waals surface area contributed by atoms with Crippen LogP contribution in [0.1, 0.15) is 104 Å². The van der Waals surface area contributed by atoms with Crippen LogP contribution in [0, 0.1) is 0 Å². The summed E-state index contributed by atoms with van der Waals surface area (Å²) in [4.78, 5) is 158. The summed E-state index contributed by atoms with van der Waals surface area (Å²) < 4.78 is 0. The number of carbonyl (C=O) groups excluding carboxylic acids is 8. The summed E-state index contributed by atoms with van der Waals surface area (Å²) in [6.45, 7) is 3.52. The van der Waals surface area contributed by atoms with Crippen LogP contribution in [0.2, 0.25) is 0 Å². The van der Waals surface area contributed by atoms with Crippen molar-refractivity contribution in [1.82, 2.24) is 41.3 Å². The van der Waals surface area contributed by atoms with E-state index in [1.807, 2.05) is 5.32 Å². The van der Waals surface area contributed by atoms with E-state index in [-0.39, 0.29) is 45.3 Å². The van der Waals surface area contributed by atoms with Gasteiger partial charge in [0.05, 0.1) is 12.6 Å². The molecule has 0 saturated carbocycles. The lowest BCUT2D eigenvalue weighted by Crippen LogP contribution is -2.89. The predicted molar refractivity (Wildman–Crippen MR) is 229 cm³/mol. The number of quaternary nitrogens is 1. The molecule has 4 aliphatic heterocycles. The number of nitrogens with two attached hydrogens (primary N) is 1. The van der Waals surface area contributed by atoms with Crippen molar-refractivity contribution in [3.8, 4) is 0 Å². The van der Waals surface area contributed by atoms with Crippen LogP contribution in [-0.2, 0) is 57.5 Å². The van der Waals surface area contributed by atoms with Crippen molar-refractivity contribution in [3.05, 3.63) is 0 Å². The minimum Gasteiger partial charge on any atom is -0.481 e. The zero-order valence-electron chi connectivity index (χ0n) is 38.1. The molecule has 26 heteroatoms. The summed E-state index contributed by atoms with van der Waals surface area (Å²) in [5.74, 6) is -11.5. The zero-order valence-corrected chi connectivity index (χ0v) is 38.1. The normalized spacial score (nSPS) is 22.7. The standard InChI is InChI=1S/C42H63N9O17/c1-21(44-38(63)33(22(2)52)48-37(62)28-9-4-18-49(28)40(65)25(12-15-31(55)56)46-34(59)23-7-3-17-43-23)39(64)51-20-6-10-29(51)41(66)50-19-5-8-27(50)36(61)45-24(11-14-30(53)54)35(60)47-26(42(67)68)13-16-32(57)58/h21-29,33,43,52H,3-20H2,1-2H3,(H,44,63)(H,45,61)(H,46,59)(H,47,60)(H,48,62)(H,53,54)(H,55,56)(H,57,58)(H,67,68)/p+1/t21-,22+,23-,24-,25-,26-,27-,28-,29-,33-/m0/s1. The Labute approximate surface area is 390 Å². The van der Waals surface area contributed by atoms with Crippen LogP contribution >= 0.6 is 0 Å². The molecule has 10 atom stereocenters. The van der Waals surface area contributed by atoms with Crippen LogP contribution in [0.4, 0.5) is 0 Å². The Kier molecular flexibility index (Phi) is 20.0. The number of carboxylic acids is 4. The van der Waals surface area contributed by atoms with Crippen LogP contribution in [0.25, 0.3) is 0 Å². The molecule has 0 aromatic rings. The van der Waals surface area contributed by atoms with Crippen LogP contribution in [-0.4, -0.2) is 198 Å². The maximum absolute atomic E-state index is 14.1. The van der Waals surface area contributed by atoms with Crippen LogP contribution < -0.4 is 31.9 Å². The van der Waals surface area contributed by atoms with E-state index in [0.717, 1.165) is 13.0 Å². The lowest BCUT2D eigenvalue weighted by molar-refractivity contribution is -0.657. The molecule has 0 aromatic heterocycles. The quantitative estimate of drug-likeness (QED) is 0.0432. The van der Waals surface area contributed by atoms with Gasteiger partial charge in [0.2, 0.25) is 41.4 Å². The molecule has 0 bridgehead atoms. The monoisotopic (exact) mass is 966 g/mol. The Balaban J connectivity index is 1.39. The third-order valence-corrected chi connectivity index (χ3v) is 12.6. The number of aliphatic carboxylic acids is 4. The van der Waals surface area contributed by atoms with Gasteiger partial charge >= 0.3 is 23.9 Å². The van der Waals surface area contributed by atoms with Gasteiger partial charge in [-0.2, -0.15) is 0 Å². The van der Waals surface area contributed by atoms with E-state index in [9.17, 15) is 78.0 Å². The van der Waals surface area contributed by atoms with Crippen LogP contribution in [0.15, 0.2) is 0 Å². The number of carbonyl (C=O) groups is 12. The molecule has 0 spiro atoms. The fourth-order valence-electron chi connectivity index (χ4n) is 8.97. The van der Waals surface area contributed by atoms with E-state index in [1.54, 1.807) is 0 Å². The molecule has 0 radical (unpaired) electrons. The number of amides is 8. The third-order valence-electron chi connectivity index (χ3n) is 12.6. The van der Waals surface area contributed by atoms with Gasteiger partial charge in [0.25, 0.3) is 5.91 Å². The molecule has 4 rings (SSSR count). The molecule has 26 nitrogen and oxygen atoms in total. The van der Waals surface area contributed by atoms with Gasteiger partial charge in [-0.1, -0.05) is 0 Å². The van der Waals surface area contributed by atoms with Gasteiger partial charge in [-0.25, -0.2) is 4.79 Å². The highest BCUT2D eigenvalue weighted by Gasteiger charge is 2.45. The Morgan fingerprint density at radius 3 is 1.54 bits per heavy atom. The molecule has 68 heavy (non-hydrogen) atoms. The molecule has 378 valence electrons. The number of nitrogens with one attached hydrogen (secondary N) is 5. The SMILES string of the molecule is C[C@H](NC(=O)[C@@H](NC(=O)[C@@H]1CCCN1C(=O)[C@H](CCC(=O)O)NC(=O)[C@@H]1CCC[NH2+]1)[C@@H](C)O)C(=O)N1CCC[C@H]1C(=O)N1CCC[C@H]1C(=O)N[C@@H](CCC(=O)O)C(=O)N[C@@H](CCC(=O)O)C(=O)O. The number of aliphatic hydroxyl groups excluding tert-OH is 1. The average Bonchev–Trinajstić information content (AvgIpc) is 4.13. The first kappa shape index (κ1) is 54.2. The highest BCUT2D eigenvalue weighted by atomic mass is 16.4. The molecular weight excluding hydrogens is 903 g/mol. The van der Waals surface area contributed by atoms with Crippen molar-refractivity contribution in [2.45, 2.75) is 164 Å². The maximum atomic E-state index is 14.1. The summed E-state index contributed by atoms with van der Waals surface area (Å²) in [6.07, 6.45) is -1.47. The first-order chi connectivity index (χ1) is 32.1. The largest absolute Gasteiger partial charge is 0.481 e. The molecule has 4 saturated heterocycles. The van der Waals surface area contributed by atoms with E-state index >= 15 is 0 Å². The third kappa shape index (κ3) is 14.8. The summed E-state index contributed by atoms with van der Waals surface area (Å²) >= 11 is 0. The van der Waals surface area contributed by atoms with E-state index in [2.05, 4.69) is 26.6 Å². The van der Waals surface area contributed by atoms with E-state index in [4.69, 9.17) is 5.11 Å². The van der Waals surface area contributed by atoms with Gasteiger partial charge in [0.1, 0.15) is 48.3 Å². The van der Waals surface area contributed by atoms with Crippen molar-refractivity contribution in [2.24, 2.45) is 0 Å². The van der Waals surface area contributed by atoms with Gasteiger partial charge in [0, 0.05) is 51.7 Å². The second-order valence-electron chi connectivity index (χ2n) is 17.6. The van der Waals surface area contributed by atoms with E-state index in [1.165, 1.54) is 28.5 Å². The number of rotatable bonds is 24. The minimum atomic E-state index is -1.66. The van der Waals surface area contributed by atoms with Gasteiger partial charge < -0.3 is 72.1 Å². The van der Waals surface area contributed by atoms with Gasteiger partial charge in [-0.15, -0.1) is 0 Å². The first-order valence-corrected chi connectivity index (χ1v) is 22.9. The van der Waals surface area contributed by atoms with E-state index in [0.29, 0.717) is 25.7 Å². The van der Waals surface area contributed by atoms with Gasteiger partial charge in [-0.3, -0.25) is 52.7 Å². The van der Waals surface area contributed by atoms with Crippen molar-refractivity contribution >= 4 is 71.1 Å². The van der Waals surface area contributed by atoms with Crippen molar-refractivity contribution in [3.63, 3.8) is 0 Å². The second kappa shape index (κ2) is 25.1. The Hall–Kier alpha value is -6.44. The molecule has 0 unspecified atom stereocenters. The fourth-order valence-corrected chi connectivity index (χ4v) is 8.97. The molecule has 0 aliphatic carbocycles. The van der Waals surface area contributed by atoms with Crippen molar-refractivity contribution in [1.29, 1.82) is 0 Å². The van der Waals surface area contributed by atoms with Crippen LogP contribution in [0.3, 0.4) is 0 Å². The predicted octanol–water partition coefficient (Wildman–Crippen LogP) is -4.81. The number of likely N-dealkylation sites (tertiary alicyclic amines) is 3. The number of carboxylic acid groups (broad SMARTS) is 4. The van der Waals surface area contributed by atoms with Crippen LogP contribution in [0.5, 0.6) is 0 Å². The molecule has 4 fully saturated rings. The molecule has 12 N–H and O–H groups in total. The Morgan fingerprint density at radius 2 is 1.01 bits per heavy atom. The first-order valence-electron chi connectivity index (χ1n) is 22.9. The Morgan fingerprint density at radius 1 is 0.529 bits per heavy atom. The smallest absolute Gasteiger partial charge is 0.326 e. The number of hydrogen-bond donors (Lipinski definition) is 11. The second-order valence-corrected chi connectivity index (χ2v) is 17.6. The maximum Gasteiger partial charge on any atom is 0.326 e. The van der Waals surface area contributed by atoms with Gasteiger partial charge in [-0.05, 0) is 71.6 Å². The molecule has 4 aliphatic rings. The highest BCUT2D eigenvalue weighted by molar-refractivity contribution is 5.98. The van der Waals surface area contributed by atoms with E-state index < -0.39 is 164 Å². The molecular formula is C42H64N9O17+. The lowest BCUT2D eigenvalue weighted by Gasteiger charge is -2.33. The summed E-state index contributed by atoms with van der Waals surface area (Å²) in [5, 5.41) is 61.6. The lowest BCUT2D eigenvalue weighted by atomic mass is 10.1. The molecule has 4 heterocycles. The summed E-state index contributed by atoms with van der Waals surface area (Å²) in [6, 6.07) is -11.3. The number of nitrogens with zero attached hydrogens (tertiary/aromatic N) is 3. The zero-order chi connectivity index (χ0) is 50.4.